The van der Waals surface area contributed by atoms with Gasteiger partial charge < -0.3 is 11.1 Å². The first-order valence-electron chi connectivity index (χ1n) is 8.32. The standard InChI is InChI=1S/C18H15F2N5O4S/c1-9-15(16(17(21)26)24-23-9)22-18(27)10-2-4-11(5-3-10)25-30(28,29)12-6-7-13(19)14(20)8-12/h2-8,25H,1H3,(H2,21,26)(H,22,27)(H,23,24). The third kappa shape index (κ3) is 4.27. The van der Waals surface area contributed by atoms with E-state index in [2.05, 4.69) is 20.2 Å². The number of aromatic amines is 1. The number of rotatable bonds is 6. The number of carbonyl (C=O) groups is 2. The van der Waals surface area contributed by atoms with Crippen LogP contribution < -0.4 is 15.8 Å². The molecule has 0 saturated heterocycles. The van der Waals surface area contributed by atoms with E-state index in [4.69, 9.17) is 5.73 Å². The molecule has 1 heterocycles. The highest BCUT2D eigenvalue weighted by molar-refractivity contribution is 7.92. The lowest BCUT2D eigenvalue weighted by molar-refractivity contribution is 0.0996. The number of sulfonamides is 1. The Balaban J connectivity index is 1.76. The summed E-state index contributed by atoms with van der Waals surface area (Å²) in [6.45, 7) is 1.59. The second kappa shape index (κ2) is 7.91. The van der Waals surface area contributed by atoms with Crippen molar-refractivity contribution in [2.45, 2.75) is 11.8 Å². The first-order valence-corrected chi connectivity index (χ1v) is 9.81. The van der Waals surface area contributed by atoms with Crippen LogP contribution in [0.15, 0.2) is 47.4 Å². The van der Waals surface area contributed by atoms with Crippen LogP contribution in [0.5, 0.6) is 0 Å². The Morgan fingerprint density at radius 1 is 1.07 bits per heavy atom. The summed E-state index contributed by atoms with van der Waals surface area (Å²) >= 11 is 0. The van der Waals surface area contributed by atoms with Crippen molar-refractivity contribution >= 4 is 33.2 Å². The minimum atomic E-state index is -4.17. The minimum absolute atomic E-state index is 0.0913. The first kappa shape index (κ1) is 20.9. The number of aryl methyl sites for hydroxylation is 1. The Kier molecular flexibility index (Phi) is 5.52. The Hall–Kier alpha value is -3.80. The summed E-state index contributed by atoms with van der Waals surface area (Å²) in [6, 6.07) is 7.47. The van der Waals surface area contributed by atoms with E-state index in [1.54, 1.807) is 6.92 Å². The minimum Gasteiger partial charge on any atom is -0.364 e. The first-order chi connectivity index (χ1) is 14.1. The molecular formula is C18H15F2N5O4S. The van der Waals surface area contributed by atoms with Gasteiger partial charge in [-0.25, -0.2) is 17.2 Å². The number of halogens is 2. The molecule has 0 bridgehead atoms. The summed E-state index contributed by atoms with van der Waals surface area (Å²) in [4.78, 5) is 23.3. The van der Waals surface area contributed by atoms with E-state index in [0.717, 1.165) is 6.07 Å². The molecule has 0 aliphatic heterocycles. The number of hydrogen-bond donors (Lipinski definition) is 4. The molecule has 0 atom stereocenters. The van der Waals surface area contributed by atoms with E-state index < -0.39 is 38.4 Å². The summed E-state index contributed by atoms with van der Waals surface area (Å²) in [5.74, 6) is -3.87. The van der Waals surface area contributed by atoms with Gasteiger partial charge in [0.15, 0.2) is 17.3 Å². The molecule has 30 heavy (non-hydrogen) atoms. The number of H-pyrrole nitrogens is 1. The molecule has 2 amide bonds. The fraction of sp³-hybridized carbons (Fsp3) is 0.0556. The molecule has 3 aromatic rings. The number of carbonyl (C=O) groups excluding carboxylic acids is 2. The van der Waals surface area contributed by atoms with Crippen LogP contribution in [0, 0.1) is 18.6 Å². The van der Waals surface area contributed by atoms with E-state index in [0.29, 0.717) is 17.8 Å². The molecular weight excluding hydrogens is 420 g/mol. The lowest BCUT2D eigenvalue weighted by Crippen LogP contribution is -2.18. The van der Waals surface area contributed by atoms with Crippen molar-refractivity contribution in [3.8, 4) is 0 Å². The van der Waals surface area contributed by atoms with Crippen molar-refractivity contribution in [3.63, 3.8) is 0 Å². The monoisotopic (exact) mass is 435 g/mol. The Morgan fingerprint density at radius 3 is 2.33 bits per heavy atom. The molecule has 0 aliphatic carbocycles. The average Bonchev–Trinajstić information content (AvgIpc) is 3.04. The second-order valence-corrected chi connectivity index (χ2v) is 7.83. The molecule has 0 radical (unpaired) electrons. The molecule has 0 saturated carbocycles. The molecule has 0 unspecified atom stereocenters. The normalized spacial score (nSPS) is 11.2. The fourth-order valence-electron chi connectivity index (χ4n) is 2.49. The van der Waals surface area contributed by atoms with E-state index in [1.165, 1.54) is 24.3 Å². The van der Waals surface area contributed by atoms with Gasteiger partial charge in [-0.3, -0.25) is 19.4 Å². The Morgan fingerprint density at radius 2 is 1.73 bits per heavy atom. The van der Waals surface area contributed by atoms with Crippen LogP contribution >= 0.6 is 0 Å². The van der Waals surface area contributed by atoms with Crippen LogP contribution in [0.25, 0.3) is 0 Å². The number of anilines is 2. The van der Waals surface area contributed by atoms with Crippen LogP contribution in [-0.4, -0.2) is 30.4 Å². The third-order valence-corrected chi connectivity index (χ3v) is 5.40. The molecule has 12 heteroatoms. The van der Waals surface area contributed by atoms with E-state index in [9.17, 15) is 26.8 Å². The van der Waals surface area contributed by atoms with E-state index >= 15 is 0 Å². The predicted octanol–water partition coefficient (Wildman–Crippen LogP) is 2.15. The maximum atomic E-state index is 13.3. The molecule has 1 aromatic heterocycles. The Labute approximate surface area is 169 Å². The van der Waals surface area contributed by atoms with Gasteiger partial charge in [-0.05, 0) is 49.4 Å². The molecule has 3 rings (SSSR count). The average molecular weight is 435 g/mol. The quantitative estimate of drug-likeness (QED) is 0.468. The van der Waals surface area contributed by atoms with Crippen LogP contribution in [0.1, 0.15) is 26.5 Å². The number of nitrogens with two attached hydrogens (primary N) is 1. The summed E-state index contributed by atoms with van der Waals surface area (Å²) < 4.78 is 53.1. The van der Waals surface area contributed by atoms with Gasteiger partial charge in [-0.1, -0.05) is 0 Å². The highest BCUT2D eigenvalue weighted by Gasteiger charge is 2.19. The van der Waals surface area contributed by atoms with Gasteiger partial charge >= 0.3 is 0 Å². The fourth-order valence-corrected chi connectivity index (χ4v) is 3.56. The lowest BCUT2D eigenvalue weighted by Gasteiger charge is -2.10. The maximum Gasteiger partial charge on any atom is 0.271 e. The van der Waals surface area contributed by atoms with Gasteiger partial charge in [0.1, 0.15) is 0 Å². The molecule has 156 valence electrons. The summed E-state index contributed by atoms with van der Waals surface area (Å²) in [5.41, 5.74) is 5.88. The number of primary amides is 1. The van der Waals surface area contributed by atoms with Crippen molar-refractivity contribution in [1.82, 2.24) is 10.2 Å². The zero-order valence-electron chi connectivity index (χ0n) is 15.4. The second-order valence-electron chi connectivity index (χ2n) is 6.15. The Bertz CT molecular complexity index is 1240. The zero-order valence-corrected chi connectivity index (χ0v) is 16.2. The smallest absolute Gasteiger partial charge is 0.271 e. The van der Waals surface area contributed by atoms with E-state index in [1.807, 2.05) is 0 Å². The van der Waals surface area contributed by atoms with E-state index in [-0.39, 0.29) is 22.6 Å². The van der Waals surface area contributed by atoms with Crippen LogP contribution in [-0.2, 0) is 10.0 Å². The molecule has 9 nitrogen and oxygen atoms in total. The molecule has 2 aromatic carbocycles. The number of amides is 2. The van der Waals surface area contributed by atoms with Gasteiger partial charge in [-0.2, -0.15) is 5.10 Å². The third-order valence-electron chi connectivity index (χ3n) is 4.02. The van der Waals surface area contributed by atoms with Crippen LogP contribution in [0.4, 0.5) is 20.2 Å². The lowest BCUT2D eigenvalue weighted by atomic mass is 10.2. The SMILES string of the molecule is Cc1[nH]nc(C(N)=O)c1NC(=O)c1ccc(NS(=O)(=O)c2ccc(F)c(F)c2)cc1. The van der Waals surface area contributed by atoms with Crippen molar-refractivity contribution in [3.05, 3.63) is 71.1 Å². The van der Waals surface area contributed by atoms with Gasteiger partial charge in [0, 0.05) is 11.3 Å². The number of hydrogen-bond acceptors (Lipinski definition) is 5. The van der Waals surface area contributed by atoms with Crippen LogP contribution in [0.2, 0.25) is 0 Å². The number of nitrogens with zero attached hydrogens (tertiary/aromatic N) is 1. The van der Waals surface area contributed by atoms with Gasteiger partial charge in [0.25, 0.3) is 21.8 Å². The van der Waals surface area contributed by atoms with Crippen molar-refractivity contribution in [2.24, 2.45) is 5.73 Å². The number of nitrogens with one attached hydrogen (secondary N) is 3. The van der Waals surface area contributed by atoms with Crippen LogP contribution in [0.3, 0.4) is 0 Å². The zero-order chi connectivity index (χ0) is 22.1. The molecule has 0 aliphatic rings. The van der Waals surface area contributed by atoms with Crippen molar-refractivity contribution in [2.75, 3.05) is 10.0 Å². The number of aromatic nitrogens is 2. The highest BCUT2D eigenvalue weighted by atomic mass is 32.2. The highest BCUT2D eigenvalue weighted by Crippen LogP contribution is 2.21. The van der Waals surface area contributed by atoms with Gasteiger partial charge in [-0.15, -0.1) is 0 Å². The van der Waals surface area contributed by atoms with Crippen molar-refractivity contribution < 1.29 is 26.8 Å². The molecule has 5 N–H and O–H groups in total. The largest absolute Gasteiger partial charge is 0.364 e. The predicted molar refractivity (Wildman–Crippen MR) is 103 cm³/mol. The molecule has 0 spiro atoms. The van der Waals surface area contributed by atoms with Crippen molar-refractivity contribution in [1.29, 1.82) is 0 Å². The summed E-state index contributed by atoms with van der Waals surface area (Å²) in [6.07, 6.45) is 0. The summed E-state index contributed by atoms with van der Waals surface area (Å²) in [5, 5.41) is 8.77. The number of benzene rings is 2. The van der Waals surface area contributed by atoms with Gasteiger partial charge in [0.2, 0.25) is 0 Å². The topological polar surface area (TPSA) is 147 Å². The summed E-state index contributed by atoms with van der Waals surface area (Å²) in [7, 11) is -4.17. The molecule has 0 fully saturated rings. The maximum absolute atomic E-state index is 13.3. The van der Waals surface area contributed by atoms with Gasteiger partial charge in [0.05, 0.1) is 16.3 Å².